The quantitative estimate of drug-likeness (QED) is 0.661. The molecule has 0 saturated carbocycles. The molecule has 2 heterocycles. The Labute approximate surface area is 119 Å². The molecule has 0 saturated heterocycles. The number of nitrogens with one attached hydrogen (secondary N) is 1. The molecule has 20 heavy (non-hydrogen) atoms. The van der Waals surface area contributed by atoms with Gasteiger partial charge in [0.2, 0.25) is 5.16 Å². The molecule has 7 nitrogen and oxygen atoms in total. The summed E-state index contributed by atoms with van der Waals surface area (Å²) < 4.78 is 1.78. The van der Waals surface area contributed by atoms with Gasteiger partial charge in [0.15, 0.2) is 5.82 Å². The van der Waals surface area contributed by atoms with Gasteiger partial charge in [-0.2, -0.15) is 0 Å². The van der Waals surface area contributed by atoms with Crippen LogP contribution in [0.25, 0.3) is 11.4 Å². The summed E-state index contributed by atoms with van der Waals surface area (Å²) in [4.78, 5) is 0. The van der Waals surface area contributed by atoms with Gasteiger partial charge in [-0.15, -0.1) is 10.2 Å². The summed E-state index contributed by atoms with van der Waals surface area (Å²) in [5.41, 5.74) is 4.09. The Hall–Kier alpha value is -2.03. The molecule has 0 fully saturated rings. The highest BCUT2D eigenvalue weighted by molar-refractivity contribution is 8.00. The van der Waals surface area contributed by atoms with E-state index >= 15 is 0 Å². The fraction of sp³-hybridized carbons (Fsp3) is 0.167. The zero-order chi connectivity index (χ0) is 14.1. The molecule has 3 rings (SSSR count). The van der Waals surface area contributed by atoms with Crippen LogP contribution in [-0.4, -0.2) is 25.5 Å². The standard InChI is InChI=1S/C12H12N5O2S/c1-2-4-10-15-16-11(13-14-12(16)20-10)8-5-3-6-9(7-8)17(18)19/h2-7,10,15,18H,1H3/q-1/t10-/m0/s1. The molecular formula is C12H12N5O2S-. The van der Waals surface area contributed by atoms with Crippen LogP contribution in [0.2, 0.25) is 0 Å². The Morgan fingerprint density at radius 3 is 3.10 bits per heavy atom. The molecule has 1 aliphatic rings. The molecule has 0 bridgehead atoms. The average Bonchev–Trinajstić information content (AvgIpc) is 2.99. The van der Waals surface area contributed by atoms with E-state index in [1.807, 2.05) is 19.1 Å². The molecule has 1 aromatic heterocycles. The molecule has 0 unspecified atom stereocenters. The number of fused-ring (bicyclic) bond motifs is 1. The zero-order valence-electron chi connectivity index (χ0n) is 10.6. The molecule has 0 radical (unpaired) electrons. The van der Waals surface area contributed by atoms with Crippen LogP contribution < -0.4 is 10.7 Å². The van der Waals surface area contributed by atoms with Gasteiger partial charge in [-0.05, 0) is 19.1 Å². The first-order valence-corrected chi connectivity index (χ1v) is 6.85. The second-order valence-corrected chi connectivity index (χ2v) is 5.27. The lowest BCUT2D eigenvalue weighted by molar-refractivity contribution is 0.296. The smallest absolute Gasteiger partial charge is 0.212 e. The molecule has 2 aromatic rings. The third-order valence-electron chi connectivity index (χ3n) is 2.81. The Morgan fingerprint density at radius 2 is 2.35 bits per heavy atom. The number of hydrogen-bond donors (Lipinski definition) is 2. The molecule has 8 heteroatoms. The van der Waals surface area contributed by atoms with Crippen molar-refractivity contribution >= 4 is 17.4 Å². The second-order valence-electron chi connectivity index (χ2n) is 4.16. The normalized spacial score (nSPS) is 17.2. The maximum absolute atomic E-state index is 10.9. The van der Waals surface area contributed by atoms with Crippen LogP contribution >= 0.6 is 11.8 Å². The van der Waals surface area contributed by atoms with Crippen molar-refractivity contribution in [2.24, 2.45) is 0 Å². The van der Waals surface area contributed by atoms with Gasteiger partial charge in [0.1, 0.15) is 5.37 Å². The third kappa shape index (κ3) is 2.24. The highest BCUT2D eigenvalue weighted by atomic mass is 32.2. The summed E-state index contributed by atoms with van der Waals surface area (Å²) in [5.74, 6) is 0.600. The Morgan fingerprint density at radius 1 is 1.50 bits per heavy atom. The van der Waals surface area contributed by atoms with E-state index in [-0.39, 0.29) is 16.3 Å². The molecule has 1 aromatic carbocycles. The molecule has 0 spiro atoms. The van der Waals surface area contributed by atoms with Gasteiger partial charge in [-0.1, -0.05) is 36.0 Å². The zero-order valence-corrected chi connectivity index (χ0v) is 11.4. The lowest BCUT2D eigenvalue weighted by Crippen LogP contribution is -2.17. The van der Waals surface area contributed by atoms with Crippen molar-refractivity contribution in [1.82, 2.24) is 14.9 Å². The van der Waals surface area contributed by atoms with Crippen LogP contribution in [-0.2, 0) is 0 Å². The number of aromatic nitrogens is 3. The molecular weight excluding hydrogens is 278 g/mol. The summed E-state index contributed by atoms with van der Waals surface area (Å²) in [6.07, 6.45) is 3.98. The van der Waals surface area contributed by atoms with Gasteiger partial charge in [0.05, 0.1) is 5.69 Å². The fourth-order valence-corrected chi connectivity index (χ4v) is 2.89. The summed E-state index contributed by atoms with van der Waals surface area (Å²) in [6.45, 7) is 1.95. The van der Waals surface area contributed by atoms with Crippen molar-refractivity contribution in [2.45, 2.75) is 17.5 Å². The molecule has 0 aliphatic carbocycles. The van der Waals surface area contributed by atoms with Crippen molar-refractivity contribution in [1.29, 1.82) is 0 Å². The van der Waals surface area contributed by atoms with Crippen LogP contribution in [0.4, 0.5) is 5.69 Å². The summed E-state index contributed by atoms with van der Waals surface area (Å²) in [7, 11) is 0. The number of hydrogen-bond acceptors (Lipinski definition) is 7. The lowest BCUT2D eigenvalue weighted by Gasteiger charge is -2.21. The number of rotatable bonds is 3. The number of thioether (sulfide) groups is 1. The SMILES string of the molecule is CC=C[C@H]1Nn2c(nnc2-c2cccc(N([O-])O)c2)S1. The van der Waals surface area contributed by atoms with Gasteiger partial charge < -0.3 is 15.9 Å². The maximum Gasteiger partial charge on any atom is 0.212 e. The predicted octanol–water partition coefficient (Wildman–Crippen LogP) is 2.19. The third-order valence-corrected chi connectivity index (χ3v) is 3.81. The minimum absolute atomic E-state index is 0.112. The van der Waals surface area contributed by atoms with Gasteiger partial charge in [-0.3, -0.25) is 5.21 Å². The first kappa shape index (κ1) is 13.0. The highest BCUT2D eigenvalue weighted by Gasteiger charge is 2.25. The number of nitrogens with zero attached hydrogens (tertiary/aromatic N) is 4. The van der Waals surface area contributed by atoms with Crippen molar-refractivity contribution in [3.05, 3.63) is 41.6 Å². The highest BCUT2D eigenvalue weighted by Crippen LogP contribution is 2.32. The molecule has 0 amide bonds. The molecule has 104 valence electrons. The predicted molar refractivity (Wildman–Crippen MR) is 76.9 cm³/mol. The van der Waals surface area contributed by atoms with Crippen molar-refractivity contribution in [3.63, 3.8) is 0 Å². The molecule has 1 aliphatic heterocycles. The number of anilines is 1. The molecule has 1 atom stereocenters. The van der Waals surface area contributed by atoms with Crippen LogP contribution in [0, 0.1) is 5.21 Å². The van der Waals surface area contributed by atoms with Crippen molar-refractivity contribution in [2.75, 3.05) is 10.7 Å². The van der Waals surface area contributed by atoms with Crippen LogP contribution in [0.15, 0.2) is 41.6 Å². The number of benzene rings is 1. The van der Waals surface area contributed by atoms with Gasteiger partial charge in [-0.25, -0.2) is 4.68 Å². The van der Waals surface area contributed by atoms with Crippen LogP contribution in [0.1, 0.15) is 6.92 Å². The second kappa shape index (κ2) is 5.16. The topological polar surface area (TPSA) is 89.3 Å². The van der Waals surface area contributed by atoms with Crippen molar-refractivity contribution < 1.29 is 5.21 Å². The van der Waals surface area contributed by atoms with Gasteiger partial charge in [0, 0.05) is 5.56 Å². The summed E-state index contributed by atoms with van der Waals surface area (Å²) in [6, 6.07) is 6.56. The monoisotopic (exact) mass is 290 g/mol. The van der Waals surface area contributed by atoms with E-state index in [2.05, 4.69) is 15.6 Å². The van der Waals surface area contributed by atoms with E-state index in [1.54, 1.807) is 34.6 Å². The van der Waals surface area contributed by atoms with E-state index in [0.717, 1.165) is 5.16 Å². The molecule has 2 N–H and O–H groups in total. The van der Waals surface area contributed by atoms with E-state index < -0.39 is 0 Å². The Balaban J connectivity index is 1.96. The minimum Gasteiger partial charge on any atom is -0.733 e. The van der Waals surface area contributed by atoms with Gasteiger partial charge in [0.25, 0.3) is 0 Å². The summed E-state index contributed by atoms with van der Waals surface area (Å²) in [5, 5.41) is 28.8. The Bertz CT molecular complexity index is 655. The summed E-state index contributed by atoms with van der Waals surface area (Å²) >= 11 is 1.56. The minimum atomic E-state index is -0.171. The fourth-order valence-electron chi connectivity index (χ4n) is 1.94. The van der Waals surface area contributed by atoms with E-state index in [0.29, 0.717) is 11.4 Å². The van der Waals surface area contributed by atoms with E-state index in [4.69, 9.17) is 5.21 Å². The average molecular weight is 290 g/mol. The van der Waals surface area contributed by atoms with Gasteiger partial charge >= 0.3 is 0 Å². The number of allylic oxidation sites excluding steroid dienone is 1. The lowest BCUT2D eigenvalue weighted by atomic mass is 10.2. The van der Waals surface area contributed by atoms with E-state index in [1.165, 1.54) is 6.07 Å². The van der Waals surface area contributed by atoms with Crippen LogP contribution in [0.3, 0.4) is 0 Å². The Kier molecular flexibility index (Phi) is 3.35. The first-order chi connectivity index (χ1) is 9.69. The maximum atomic E-state index is 10.9. The van der Waals surface area contributed by atoms with E-state index in [9.17, 15) is 5.21 Å². The largest absolute Gasteiger partial charge is 0.733 e. The van der Waals surface area contributed by atoms with Crippen LogP contribution in [0.5, 0.6) is 0 Å². The van der Waals surface area contributed by atoms with Crippen molar-refractivity contribution in [3.8, 4) is 11.4 Å². The first-order valence-electron chi connectivity index (χ1n) is 5.97.